The standard InChI is InChI=1S/C11H15N5/c1-8-3-4-10(12)11(15-8)13-7-9-5-6-14-16(9)2/h3-6H,7,12H2,1-2H3,(H,13,15). The van der Waals surface area contributed by atoms with Crippen LogP contribution in [0.5, 0.6) is 0 Å². The Morgan fingerprint density at radius 3 is 2.88 bits per heavy atom. The van der Waals surface area contributed by atoms with E-state index in [9.17, 15) is 0 Å². The Bertz CT molecular complexity index is 489. The molecule has 5 heteroatoms. The average molecular weight is 217 g/mol. The van der Waals surface area contributed by atoms with Crippen LogP contribution in [0.2, 0.25) is 0 Å². The summed E-state index contributed by atoms with van der Waals surface area (Å²) in [6, 6.07) is 5.71. The predicted molar refractivity (Wildman–Crippen MR) is 63.9 cm³/mol. The molecule has 5 nitrogen and oxygen atoms in total. The molecule has 0 aliphatic carbocycles. The van der Waals surface area contributed by atoms with Crippen LogP contribution in [0.4, 0.5) is 11.5 Å². The van der Waals surface area contributed by atoms with Gasteiger partial charge in [0.05, 0.1) is 17.9 Å². The Morgan fingerprint density at radius 2 is 2.19 bits per heavy atom. The van der Waals surface area contributed by atoms with Gasteiger partial charge in [0, 0.05) is 18.9 Å². The van der Waals surface area contributed by atoms with E-state index in [4.69, 9.17) is 5.73 Å². The van der Waals surface area contributed by atoms with Gasteiger partial charge in [0.1, 0.15) is 5.82 Å². The summed E-state index contributed by atoms with van der Waals surface area (Å²) in [4.78, 5) is 4.34. The summed E-state index contributed by atoms with van der Waals surface area (Å²) in [6.07, 6.45) is 1.77. The normalized spacial score (nSPS) is 10.4. The largest absolute Gasteiger partial charge is 0.396 e. The van der Waals surface area contributed by atoms with Crippen molar-refractivity contribution < 1.29 is 0 Å². The molecule has 16 heavy (non-hydrogen) atoms. The van der Waals surface area contributed by atoms with Gasteiger partial charge in [-0.1, -0.05) is 0 Å². The maximum absolute atomic E-state index is 5.82. The summed E-state index contributed by atoms with van der Waals surface area (Å²) < 4.78 is 1.82. The van der Waals surface area contributed by atoms with Crippen molar-refractivity contribution in [2.75, 3.05) is 11.1 Å². The molecule has 0 saturated heterocycles. The lowest BCUT2D eigenvalue weighted by Crippen LogP contribution is -2.08. The molecule has 0 saturated carbocycles. The minimum atomic E-state index is 0.660. The molecule has 0 amide bonds. The zero-order chi connectivity index (χ0) is 11.5. The third-order valence-electron chi connectivity index (χ3n) is 2.43. The van der Waals surface area contributed by atoms with Crippen LogP contribution in [0, 0.1) is 6.92 Å². The van der Waals surface area contributed by atoms with Gasteiger partial charge in [-0.25, -0.2) is 4.98 Å². The molecule has 0 atom stereocenters. The zero-order valence-electron chi connectivity index (χ0n) is 9.44. The van der Waals surface area contributed by atoms with Crippen molar-refractivity contribution in [2.24, 2.45) is 7.05 Å². The third kappa shape index (κ3) is 2.13. The van der Waals surface area contributed by atoms with E-state index >= 15 is 0 Å². The first-order chi connectivity index (χ1) is 7.66. The first kappa shape index (κ1) is 10.5. The van der Waals surface area contributed by atoms with Crippen molar-refractivity contribution in [3.05, 3.63) is 35.8 Å². The lowest BCUT2D eigenvalue weighted by molar-refractivity contribution is 0.720. The summed E-state index contributed by atoms with van der Waals surface area (Å²) in [5.74, 6) is 0.723. The maximum atomic E-state index is 5.82. The molecular weight excluding hydrogens is 202 g/mol. The smallest absolute Gasteiger partial charge is 0.149 e. The number of hydrogen-bond acceptors (Lipinski definition) is 4. The van der Waals surface area contributed by atoms with Crippen LogP contribution in [0.15, 0.2) is 24.4 Å². The molecule has 0 aromatic carbocycles. The number of nitrogens with zero attached hydrogens (tertiary/aromatic N) is 3. The number of nitrogens with two attached hydrogens (primary N) is 1. The van der Waals surface area contributed by atoms with E-state index in [0.717, 1.165) is 17.2 Å². The summed E-state index contributed by atoms with van der Waals surface area (Å²) in [5.41, 5.74) is 8.51. The lowest BCUT2D eigenvalue weighted by atomic mass is 10.3. The molecule has 2 rings (SSSR count). The number of nitrogens with one attached hydrogen (secondary N) is 1. The summed E-state index contributed by atoms with van der Waals surface area (Å²) in [6.45, 7) is 2.60. The number of nitrogen functional groups attached to an aromatic ring is 1. The van der Waals surface area contributed by atoms with Crippen LogP contribution in [-0.4, -0.2) is 14.8 Å². The average Bonchev–Trinajstić information content (AvgIpc) is 2.66. The van der Waals surface area contributed by atoms with E-state index in [1.165, 1.54) is 0 Å². The molecule has 0 spiro atoms. The van der Waals surface area contributed by atoms with Crippen molar-refractivity contribution in [2.45, 2.75) is 13.5 Å². The molecule has 2 aromatic heterocycles. The maximum Gasteiger partial charge on any atom is 0.149 e. The molecule has 0 aliphatic heterocycles. The lowest BCUT2D eigenvalue weighted by Gasteiger charge is -2.09. The number of aryl methyl sites for hydroxylation is 2. The Morgan fingerprint density at radius 1 is 1.38 bits per heavy atom. The molecule has 0 radical (unpaired) electrons. The SMILES string of the molecule is Cc1ccc(N)c(NCc2ccnn2C)n1. The minimum absolute atomic E-state index is 0.660. The van der Waals surface area contributed by atoms with Crippen molar-refractivity contribution in [1.29, 1.82) is 0 Å². The minimum Gasteiger partial charge on any atom is -0.396 e. The molecule has 0 fully saturated rings. The fourth-order valence-corrected chi connectivity index (χ4v) is 1.46. The molecule has 84 valence electrons. The molecule has 2 aromatic rings. The van der Waals surface area contributed by atoms with Crippen LogP contribution in [0.3, 0.4) is 0 Å². The number of hydrogen-bond donors (Lipinski definition) is 2. The van der Waals surface area contributed by atoms with Crippen molar-refractivity contribution in [3.8, 4) is 0 Å². The third-order valence-corrected chi connectivity index (χ3v) is 2.43. The van der Waals surface area contributed by atoms with Gasteiger partial charge in [-0.3, -0.25) is 4.68 Å². The molecule has 0 aliphatic rings. The van der Waals surface area contributed by atoms with Crippen molar-refractivity contribution >= 4 is 11.5 Å². The Hall–Kier alpha value is -2.04. The predicted octanol–water partition coefficient (Wildman–Crippen LogP) is 1.32. The van der Waals surface area contributed by atoms with Gasteiger partial charge in [0.25, 0.3) is 0 Å². The van der Waals surface area contributed by atoms with Crippen LogP contribution in [0.25, 0.3) is 0 Å². The molecule has 3 N–H and O–H groups in total. The van der Waals surface area contributed by atoms with E-state index in [1.54, 1.807) is 6.20 Å². The van der Waals surface area contributed by atoms with Gasteiger partial charge < -0.3 is 11.1 Å². The quantitative estimate of drug-likeness (QED) is 0.813. The monoisotopic (exact) mass is 217 g/mol. The Kier molecular flexibility index (Phi) is 2.76. The molecule has 2 heterocycles. The number of rotatable bonds is 3. The topological polar surface area (TPSA) is 68.8 Å². The van der Waals surface area contributed by atoms with Crippen LogP contribution < -0.4 is 11.1 Å². The fourth-order valence-electron chi connectivity index (χ4n) is 1.46. The zero-order valence-corrected chi connectivity index (χ0v) is 9.44. The number of anilines is 2. The molecule has 0 unspecified atom stereocenters. The second kappa shape index (κ2) is 4.22. The first-order valence-electron chi connectivity index (χ1n) is 5.10. The van der Waals surface area contributed by atoms with Crippen molar-refractivity contribution in [3.63, 3.8) is 0 Å². The van der Waals surface area contributed by atoms with E-state index in [-0.39, 0.29) is 0 Å². The highest BCUT2D eigenvalue weighted by Crippen LogP contribution is 2.16. The first-order valence-corrected chi connectivity index (χ1v) is 5.10. The van der Waals surface area contributed by atoms with Gasteiger partial charge in [0.15, 0.2) is 0 Å². The number of pyridine rings is 1. The van der Waals surface area contributed by atoms with Crippen LogP contribution in [0.1, 0.15) is 11.4 Å². The van der Waals surface area contributed by atoms with Gasteiger partial charge in [-0.2, -0.15) is 5.10 Å². The van der Waals surface area contributed by atoms with E-state index in [1.807, 2.05) is 36.9 Å². The second-order valence-electron chi connectivity index (χ2n) is 3.69. The highest BCUT2D eigenvalue weighted by Gasteiger charge is 2.02. The van der Waals surface area contributed by atoms with Crippen LogP contribution in [-0.2, 0) is 13.6 Å². The van der Waals surface area contributed by atoms with Gasteiger partial charge in [-0.05, 0) is 25.1 Å². The van der Waals surface area contributed by atoms with E-state index < -0.39 is 0 Å². The summed E-state index contributed by atoms with van der Waals surface area (Å²) in [5, 5.41) is 7.29. The van der Waals surface area contributed by atoms with Gasteiger partial charge in [-0.15, -0.1) is 0 Å². The van der Waals surface area contributed by atoms with E-state index in [0.29, 0.717) is 12.2 Å². The van der Waals surface area contributed by atoms with Gasteiger partial charge >= 0.3 is 0 Å². The number of aromatic nitrogens is 3. The fraction of sp³-hybridized carbons (Fsp3) is 0.273. The van der Waals surface area contributed by atoms with E-state index in [2.05, 4.69) is 15.4 Å². The Balaban J connectivity index is 2.10. The molecule has 0 bridgehead atoms. The van der Waals surface area contributed by atoms with Crippen molar-refractivity contribution in [1.82, 2.24) is 14.8 Å². The summed E-state index contributed by atoms with van der Waals surface area (Å²) >= 11 is 0. The molecular formula is C11H15N5. The van der Waals surface area contributed by atoms with Gasteiger partial charge in [0.2, 0.25) is 0 Å². The van der Waals surface area contributed by atoms with Crippen LogP contribution >= 0.6 is 0 Å². The Labute approximate surface area is 94.3 Å². The second-order valence-corrected chi connectivity index (χ2v) is 3.69. The highest BCUT2D eigenvalue weighted by molar-refractivity contribution is 5.61. The highest BCUT2D eigenvalue weighted by atomic mass is 15.3. The summed E-state index contributed by atoms with van der Waals surface area (Å²) in [7, 11) is 1.91.